The van der Waals surface area contributed by atoms with Crippen molar-refractivity contribution >= 4 is 15.8 Å². The van der Waals surface area contributed by atoms with Crippen molar-refractivity contribution in [2.75, 3.05) is 0 Å². The molecule has 0 atom stereocenters. The molecule has 24 heavy (non-hydrogen) atoms. The standard InChI is InChI=1S/C12H10FN3O7S/c1-14-6-10(11(17)15(2)12(14)18)24(21,22)23-9-5-7(13)3-4-8(9)16(19)20/h3-6H,1-2H3. The number of halogens is 1. The average molecular weight is 359 g/mol. The summed E-state index contributed by atoms with van der Waals surface area (Å²) in [6, 6.07) is 1.98. The van der Waals surface area contributed by atoms with E-state index in [1.807, 2.05) is 0 Å². The molecule has 0 radical (unpaired) electrons. The van der Waals surface area contributed by atoms with Crippen LogP contribution in [-0.4, -0.2) is 22.5 Å². The fourth-order valence-electron chi connectivity index (χ4n) is 1.82. The van der Waals surface area contributed by atoms with Gasteiger partial charge in [0.25, 0.3) is 5.56 Å². The van der Waals surface area contributed by atoms with Crippen molar-refractivity contribution in [3.63, 3.8) is 0 Å². The zero-order valence-corrected chi connectivity index (χ0v) is 13.1. The van der Waals surface area contributed by atoms with Gasteiger partial charge < -0.3 is 8.75 Å². The van der Waals surface area contributed by atoms with Gasteiger partial charge in [0.15, 0.2) is 4.90 Å². The lowest BCUT2D eigenvalue weighted by molar-refractivity contribution is -0.385. The Balaban J connectivity index is 2.63. The van der Waals surface area contributed by atoms with Crippen LogP contribution in [-0.2, 0) is 24.2 Å². The molecule has 12 heteroatoms. The number of rotatable bonds is 4. The maximum atomic E-state index is 13.2. The lowest BCUT2D eigenvalue weighted by Crippen LogP contribution is -2.39. The normalized spacial score (nSPS) is 11.3. The molecule has 0 spiro atoms. The number of hydrogen-bond acceptors (Lipinski definition) is 7. The molecule has 0 N–H and O–H groups in total. The van der Waals surface area contributed by atoms with Crippen molar-refractivity contribution in [2.45, 2.75) is 4.90 Å². The first kappa shape index (κ1) is 17.3. The van der Waals surface area contributed by atoms with Gasteiger partial charge in [-0.15, -0.1) is 0 Å². The van der Waals surface area contributed by atoms with Gasteiger partial charge in [-0.2, -0.15) is 8.42 Å². The second-order valence-corrected chi connectivity index (χ2v) is 6.17. The Morgan fingerprint density at radius 1 is 1.25 bits per heavy atom. The van der Waals surface area contributed by atoms with E-state index in [2.05, 4.69) is 4.18 Å². The molecular formula is C12H10FN3O7S. The minimum absolute atomic E-state index is 0.502. The van der Waals surface area contributed by atoms with Crippen molar-refractivity contribution in [3.05, 3.63) is 61.2 Å². The lowest BCUT2D eigenvalue weighted by Gasteiger charge is -2.09. The molecule has 0 amide bonds. The first-order chi connectivity index (χ1) is 11.0. The van der Waals surface area contributed by atoms with Crippen molar-refractivity contribution in [1.82, 2.24) is 9.13 Å². The van der Waals surface area contributed by atoms with Crippen molar-refractivity contribution in [1.29, 1.82) is 0 Å². The summed E-state index contributed by atoms with van der Waals surface area (Å²) in [6.07, 6.45) is 0.713. The highest BCUT2D eigenvalue weighted by molar-refractivity contribution is 7.87. The van der Waals surface area contributed by atoms with Crippen LogP contribution in [0.5, 0.6) is 5.75 Å². The summed E-state index contributed by atoms with van der Waals surface area (Å²) in [5, 5.41) is 10.9. The number of aromatic nitrogens is 2. The zero-order chi connectivity index (χ0) is 18.2. The molecule has 0 saturated carbocycles. The van der Waals surface area contributed by atoms with Gasteiger partial charge >= 0.3 is 21.5 Å². The summed E-state index contributed by atoms with van der Waals surface area (Å²) in [7, 11) is -2.59. The van der Waals surface area contributed by atoms with E-state index in [4.69, 9.17) is 0 Å². The molecule has 0 bridgehead atoms. The van der Waals surface area contributed by atoms with Crippen LogP contribution in [0.25, 0.3) is 0 Å². The Morgan fingerprint density at radius 2 is 1.88 bits per heavy atom. The first-order valence-electron chi connectivity index (χ1n) is 6.19. The van der Waals surface area contributed by atoms with Gasteiger partial charge in [-0.05, 0) is 6.07 Å². The van der Waals surface area contributed by atoms with Crippen molar-refractivity contribution < 1.29 is 21.9 Å². The fraction of sp³-hybridized carbons (Fsp3) is 0.167. The monoisotopic (exact) mass is 359 g/mol. The molecule has 2 rings (SSSR count). The van der Waals surface area contributed by atoms with Crippen LogP contribution >= 0.6 is 0 Å². The van der Waals surface area contributed by atoms with Gasteiger partial charge in [0.05, 0.1) is 4.92 Å². The summed E-state index contributed by atoms with van der Waals surface area (Å²) >= 11 is 0. The maximum absolute atomic E-state index is 13.2. The molecule has 0 aliphatic heterocycles. The molecule has 128 valence electrons. The lowest BCUT2D eigenvalue weighted by atomic mass is 10.3. The van der Waals surface area contributed by atoms with Crippen LogP contribution in [0.4, 0.5) is 10.1 Å². The van der Waals surface area contributed by atoms with Gasteiger partial charge in [0, 0.05) is 32.4 Å². The van der Waals surface area contributed by atoms with Crippen LogP contribution in [0.1, 0.15) is 0 Å². The SMILES string of the molecule is Cn1cc(S(=O)(=O)Oc2cc(F)ccc2[N+](=O)[O-])c(=O)n(C)c1=O. The van der Waals surface area contributed by atoms with Gasteiger partial charge in [-0.3, -0.25) is 19.5 Å². The quantitative estimate of drug-likeness (QED) is 0.423. The Morgan fingerprint density at radius 3 is 2.46 bits per heavy atom. The first-order valence-corrected chi connectivity index (χ1v) is 7.60. The second kappa shape index (κ2) is 5.88. The highest BCUT2D eigenvalue weighted by atomic mass is 32.2. The van der Waals surface area contributed by atoms with Crippen LogP contribution < -0.4 is 15.4 Å². The molecule has 0 unspecified atom stereocenters. The van der Waals surface area contributed by atoms with E-state index >= 15 is 0 Å². The third-order valence-electron chi connectivity index (χ3n) is 3.00. The van der Waals surface area contributed by atoms with Crippen LogP contribution in [0.15, 0.2) is 38.9 Å². The number of benzene rings is 1. The van der Waals surface area contributed by atoms with Crippen LogP contribution in [0, 0.1) is 15.9 Å². The summed E-state index contributed by atoms with van der Waals surface area (Å²) in [4.78, 5) is 32.5. The van der Waals surface area contributed by atoms with Gasteiger partial charge in [0.1, 0.15) is 5.82 Å². The molecule has 0 aliphatic carbocycles. The van der Waals surface area contributed by atoms with Gasteiger partial charge in [-0.25, -0.2) is 9.18 Å². The molecule has 0 saturated heterocycles. The van der Waals surface area contributed by atoms with E-state index in [9.17, 15) is 32.5 Å². The largest absolute Gasteiger partial charge is 0.371 e. The maximum Gasteiger partial charge on any atom is 0.346 e. The van der Waals surface area contributed by atoms with Gasteiger partial charge in [0.2, 0.25) is 5.75 Å². The minimum Gasteiger partial charge on any atom is -0.371 e. The average Bonchev–Trinajstić information content (AvgIpc) is 2.48. The fourth-order valence-corrected chi connectivity index (χ4v) is 2.91. The van der Waals surface area contributed by atoms with E-state index in [1.165, 1.54) is 7.05 Å². The van der Waals surface area contributed by atoms with Crippen molar-refractivity contribution in [2.24, 2.45) is 14.1 Å². The number of nitrogens with zero attached hydrogens (tertiary/aromatic N) is 3. The summed E-state index contributed by atoms with van der Waals surface area (Å²) < 4.78 is 43.6. The number of hydrogen-bond donors (Lipinski definition) is 0. The van der Waals surface area contributed by atoms with E-state index in [-0.39, 0.29) is 0 Å². The molecule has 10 nitrogen and oxygen atoms in total. The van der Waals surface area contributed by atoms with Crippen molar-refractivity contribution in [3.8, 4) is 5.75 Å². The van der Waals surface area contributed by atoms with E-state index in [0.717, 1.165) is 23.7 Å². The molecule has 1 aromatic heterocycles. The molecule has 0 fully saturated rings. The molecule has 1 heterocycles. The molecule has 2 aromatic rings. The van der Waals surface area contributed by atoms with E-state index in [1.54, 1.807) is 0 Å². The summed E-state index contributed by atoms with van der Waals surface area (Å²) in [5.74, 6) is -1.87. The predicted molar refractivity (Wildman–Crippen MR) is 77.8 cm³/mol. The second-order valence-electron chi connectivity index (χ2n) is 4.66. The predicted octanol–water partition coefficient (Wildman–Crippen LogP) is -0.101. The number of nitro groups is 1. The molecule has 0 aliphatic rings. The highest BCUT2D eigenvalue weighted by Crippen LogP contribution is 2.29. The summed E-state index contributed by atoms with van der Waals surface area (Å²) in [6.45, 7) is 0. The van der Waals surface area contributed by atoms with Gasteiger partial charge in [-0.1, -0.05) is 0 Å². The number of nitro benzene ring substituents is 1. The topological polar surface area (TPSA) is 131 Å². The van der Waals surface area contributed by atoms with E-state index < -0.39 is 48.4 Å². The smallest absolute Gasteiger partial charge is 0.346 e. The Hall–Kier alpha value is -3.02. The minimum atomic E-state index is -4.84. The third-order valence-corrected chi connectivity index (χ3v) is 4.22. The highest BCUT2D eigenvalue weighted by Gasteiger charge is 2.27. The van der Waals surface area contributed by atoms with E-state index in [0.29, 0.717) is 16.8 Å². The molecular weight excluding hydrogens is 349 g/mol. The third kappa shape index (κ3) is 3.03. The zero-order valence-electron chi connectivity index (χ0n) is 12.3. The summed E-state index contributed by atoms with van der Waals surface area (Å²) in [5.41, 5.74) is -2.77. The Kier molecular flexibility index (Phi) is 4.25. The van der Waals surface area contributed by atoms with Crippen LogP contribution in [0.2, 0.25) is 0 Å². The Bertz CT molecular complexity index is 1060. The molecule has 1 aromatic carbocycles. The number of aryl methyl sites for hydroxylation is 1. The van der Waals surface area contributed by atoms with Crippen LogP contribution in [0.3, 0.4) is 0 Å². The Labute approximate surface area is 133 Å².